The number of hydrogen-bond donors (Lipinski definition) is 1. The first kappa shape index (κ1) is 24.5. The minimum absolute atomic E-state index is 0.0574. The average molecular weight is 486 g/mol. The summed E-state index contributed by atoms with van der Waals surface area (Å²) in [6.45, 7) is 5.38. The Hall–Kier alpha value is -3.17. The second-order valence-electron chi connectivity index (χ2n) is 7.11. The van der Waals surface area contributed by atoms with Gasteiger partial charge >= 0.3 is 5.97 Å². The Balaban J connectivity index is 1.87. The summed E-state index contributed by atoms with van der Waals surface area (Å²) in [6.07, 6.45) is 1.02. The number of carbonyl (C=O) groups excluding carboxylic acids is 2. The highest BCUT2D eigenvalue weighted by molar-refractivity contribution is 8.27. The Kier molecular flexibility index (Phi) is 7.88. The van der Waals surface area contributed by atoms with Crippen molar-refractivity contribution in [2.24, 2.45) is 0 Å². The molecule has 1 heterocycles. The monoisotopic (exact) mass is 485 g/mol. The number of anilines is 1. The second kappa shape index (κ2) is 10.6. The summed E-state index contributed by atoms with van der Waals surface area (Å²) in [6, 6.07) is 11.8. The number of amides is 1. The van der Waals surface area contributed by atoms with E-state index in [4.69, 9.17) is 21.7 Å². The van der Waals surface area contributed by atoms with Crippen molar-refractivity contribution in [3.8, 4) is 11.5 Å². The summed E-state index contributed by atoms with van der Waals surface area (Å²) in [5.74, 6) is -0.666. The van der Waals surface area contributed by atoms with Crippen molar-refractivity contribution in [1.29, 1.82) is 0 Å². The molecule has 2 aromatic rings. The van der Waals surface area contributed by atoms with Gasteiger partial charge in [0.05, 0.1) is 17.2 Å². The van der Waals surface area contributed by atoms with Gasteiger partial charge in [-0.25, -0.2) is 4.79 Å². The number of benzene rings is 2. The number of ketones is 1. The van der Waals surface area contributed by atoms with Crippen LogP contribution in [0.5, 0.6) is 11.5 Å². The summed E-state index contributed by atoms with van der Waals surface area (Å²) in [7, 11) is 0. The van der Waals surface area contributed by atoms with Crippen molar-refractivity contribution < 1.29 is 29.0 Å². The summed E-state index contributed by atoms with van der Waals surface area (Å²) in [5, 5.41) is 9.27. The molecular formula is C24H23NO6S2. The number of carbonyl (C=O) groups is 3. The van der Waals surface area contributed by atoms with Crippen LogP contribution < -0.4 is 14.4 Å². The molecule has 0 saturated carbocycles. The zero-order valence-corrected chi connectivity index (χ0v) is 20.0. The predicted molar refractivity (Wildman–Crippen MR) is 132 cm³/mol. The Morgan fingerprint density at radius 1 is 1.15 bits per heavy atom. The van der Waals surface area contributed by atoms with Crippen molar-refractivity contribution >= 4 is 57.7 Å². The molecule has 1 aliphatic heterocycles. The van der Waals surface area contributed by atoms with Gasteiger partial charge in [0.25, 0.3) is 5.91 Å². The second-order valence-corrected chi connectivity index (χ2v) is 8.79. The van der Waals surface area contributed by atoms with E-state index in [1.54, 1.807) is 55.5 Å². The molecule has 1 saturated heterocycles. The summed E-state index contributed by atoms with van der Waals surface area (Å²) < 4.78 is 11.6. The molecule has 7 nitrogen and oxygen atoms in total. The van der Waals surface area contributed by atoms with Gasteiger partial charge in [0.15, 0.2) is 27.7 Å². The molecule has 0 radical (unpaired) electrons. The van der Waals surface area contributed by atoms with E-state index < -0.39 is 12.1 Å². The fourth-order valence-corrected chi connectivity index (χ4v) is 4.43. The van der Waals surface area contributed by atoms with E-state index in [9.17, 15) is 19.5 Å². The number of carboxylic acid groups (broad SMARTS) is 1. The number of rotatable bonds is 9. The number of carboxylic acids is 1. The van der Waals surface area contributed by atoms with E-state index in [2.05, 4.69) is 0 Å². The molecule has 172 valence electrons. The van der Waals surface area contributed by atoms with Gasteiger partial charge in [-0.1, -0.05) is 37.0 Å². The number of nitrogens with zero attached hydrogens (tertiary/aromatic N) is 1. The van der Waals surface area contributed by atoms with Crippen LogP contribution in [0.4, 0.5) is 5.69 Å². The number of ether oxygens (including phenoxy) is 2. The number of Topliss-reactive ketones (excluding diaryl/α,β-unsaturated/α-hetero) is 1. The van der Waals surface area contributed by atoms with Gasteiger partial charge in [-0.3, -0.25) is 14.5 Å². The molecule has 1 N–H and O–H groups in total. The van der Waals surface area contributed by atoms with Crippen molar-refractivity contribution in [1.82, 2.24) is 0 Å². The van der Waals surface area contributed by atoms with Gasteiger partial charge < -0.3 is 14.6 Å². The molecule has 1 unspecified atom stereocenters. The SMILES string of the molecule is CCOc1cc(/C=C2/SC(=S)N(c3ccc(C(C)=O)cc3)C2=O)ccc1OC(CC)C(=O)O. The molecule has 3 rings (SSSR count). The van der Waals surface area contributed by atoms with E-state index in [1.165, 1.54) is 23.6 Å². The molecule has 1 amide bonds. The van der Waals surface area contributed by atoms with E-state index in [1.807, 2.05) is 6.92 Å². The molecule has 33 heavy (non-hydrogen) atoms. The summed E-state index contributed by atoms with van der Waals surface area (Å²) in [4.78, 5) is 37.7. The van der Waals surface area contributed by atoms with Crippen molar-refractivity contribution in [3.63, 3.8) is 0 Å². The van der Waals surface area contributed by atoms with Crippen LogP contribution in [-0.2, 0) is 9.59 Å². The van der Waals surface area contributed by atoms with Crippen LogP contribution in [0, 0.1) is 0 Å². The maximum absolute atomic E-state index is 13.0. The van der Waals surface area contributed by atoms with Gasteiger partial charge in [-0.15, -0.1) is 0 Å². The van der Waals surface area contributed by atoms with Crippen LogP contribution in [0.2, 0.25) is 0 Å². The lowest BCUT2D eigenvalue weighted by atomic mass is 10.1. The zero-order chi connectivity index (χ0) is 24.1. The third-order valence-electron chi connectivity index (χ3n) is 4.81. The van der Waals surface area contributed by atoms with Crippen LogP contribution >= 0.6 is 24.0 Å². The number of thiocarbonyl (C=S) groups is 1. The highest BCUT2D eigenvalue weighted by Crippen LogP contribution is 2.37. The maximum Gasteiger partial charge on any atom is 0.344 e. The van der Waals surface area contributed by atoms with Crippen molar-refractivity contribution in [2.45, 2.75) is 33.3 Å². The third kappa shape index (κ3) is 5.61. The predicted octanol–water partition coefficient (Wildman–Crippen LogP) is 4.94. The highest BCUT2D eigenvalue weighted by Gasteiger charge is 2.33. The fourth-order valence-electron chi connectivity index (χ4n) is 3.13. The van der Waals surface area contributed by atoms with E-state index in [0.29, 0.717) is 50.6 Å². The highest BCUT2D eigenvalue weighted by atomic mass is 32.2. The van der Waals surface area contributed by atoms with Crippen molar-refractivity contribution in [3.05, 3.63) is 58.5 Å². The Morgan fingerprint density at radius 2 is 1.85 bits per heavy atom. The molecule has 1 aliphatic rings. The first-order valence-electron chi connectivity index (χ1n) is 10.3. The van der Waals surface area contributed by atoms with Crippen LogP contribution in [-0.4, -0.2) is 39.8 Å². The summed E-state index contributed by atoms with van der Waals surface area (Å²) in [5.41, 5.74) is 1.82. The van der Waals surface area contributed by atoms with Gasteiger partial charge in [-0.05, 0) is 68.3 Å². The minimum atomic E-state index is -1.05. The fraction of sp³-hybridized carbons (Fsp3) is 0.250. The van der Waals surface area contributed by atoms with Crippen LogP contribution in [0.1, 0.15) is 43.1 Å². The van der Waals surface area contributed by atoms with Crippen LogP contribution in [0.3, 0.4) is 0 Å². The third-order valence-corrected chi connectivity index (χ3v) is 6.11. The number of thioether (sulfide) groups is 1. The lowest BCUT2D eigenvalue weighted by molar-refractivity contribution is -0.145. The largest absolute Gasteiger partial charge is 0.490 e. The van der Waals surface area contributed by atoms with Gasteiger partial charge in [0.2, 0.25) is 0 Å². The van der Waals surface area contributed by atoms with Gasteiger partial charge in [-0.2, -0.15) is 0 Å². The van der Waals surface area contributed by atoms with Crippen LogP contribution in [0.25, 0.3) is 6.08 Å². The Morgan fingerprint density at radius 3 is 2.42 bits per heavy atom. The standard InChI is InChI=1S/C24H23NO6S2/c1-4-18(23(28)29)31-19-11-6-15(12-20(19)30-5-2)13-21-22(27)25(24(32)33-21)17-9-7-16(8-10-17)14(3)26/h6-13,18H,4-5H2,1-3H3,(H,28,29)/b21-13+. The topological polar surface area (TPSA) is 93.1 Å². The molecule has 9 heteroatoms. The molecule has 0 bridgehead atoms. The normalized spacial score (nSPS) is 15.6. The molecule has 0 aromatic heterocycles. The van der Waals surface area contributed by atoms with E-state index in [-0.39, 0.29) is 11.7 Å². The van der Waals surface area contributed by atoms with Crippen molar-refractivity contribution in [2.75, 3.05) is 11.5 Å². The van der Waals surface area contributed by atoms with Crippen LogP contribution in [0.15, 0.2) is 47.4 Å². The van der Waals surface area contributed by atoms with Gasteiger partial charge in [0, 0.05) is 5.56 Å². The van der Waals surface area contributed by atoms with E-state index in [0.717, 1.165) is 0 Å². The lowest BCUT2D eigenvalue weighted by Gasteiger charge is -2.17. The molecular weight excluding hydrogens is 462 g/mol. The first-order valence-corrected chi connectivity index (χ1v) is 11.5. The molecule has 1 atom stereocenters. The smallest absolute Gasteiger partial charge is 0.344 e. The number of aliphatic carboxylic acids is 1. The molecule has 0 spiro atoms. The Labute approximate surface area is 201 Å². The quantitative estimate of drug-likeness (QED) is 0.303. The average Bonchev–Trinajstić information content (AvgIpc) is 3.06. The summed E-state index contributed by atoms with van der Waals surface area (Å²) >= 11 is 6.59. The van der Waals surface area contributed by atoms with Gasteiger partial charge in [0.1, 0.15) is 0 Å². The number of hydrogen-bond acceptors (Lipinski definition) is 7. The molecule has 1 fully saturated rings. The molecule has 0 aliphatic carbocycles. The van der Waals surface area contributed by atoms with E-state index >= 15 is 0 Å². The minimum Gasteiger partial charge on any atom is -0.490 e. The zero-order valence-electron chi connectivity index (χ0n) is 18.4. The Bertz CT molecular complexity index is 1130. The lowest BCUT2D eigenvalue weighted by Crippen LogP contribution is -2.27. The maximum atomic E-state index is 13.0. The molecule has 2 aromatic carbocycles. The first-order chi connectivity index (χ1) is 15.7.